The van der Waals surface area contributed by atoms with Crippen LogP contribution in [0.3, 0.4) is 0 Å². The van der Waals surface area contributed by atoms with Crippen molar-refractivity contribution in [2.75, 3.05) is 13.1 Å². The van der Waals surface area contributed by atoms with E-state index in [4.69, 9.17) is 4.74 Å². The molecule has 0 radical (unpaired) electrons. The van der Waals surface area contributed by atoms with Gasteiger partial charge in [-0.1, -0.05) is 0 Å². The number of nitrogens with one attached hydrogen (secondary N) is 1. The van der Waals surface area contributed by atoms with Crippen LogP contribution in [0.4, 0.5) is 4.79 Å². The van der Waals surface area contributed by atoms with Gasteiger partial charge in [-0.05, 0) is 52.2 Å². The molecule has 1 aliphatic heterocycles. The number of nitrogens with zero attached hydrogens (tertiary/aromatic N) is 2. The van der Waals surface area contributed by atoms with Crippen molar-refractivity contribution in [2.45, 2.75) is 65.3 Å². The summed E-state index contributed by atoms with van der Waals surface area (Å²) in [6.07, 6.45) is 6.17. The smallest absolute Gasteiger partial charge is 0.410 e. The molecule has 1 aliphatic rings. The number of amides is 1. The van der Waals surface area contributed by atoms with Crippen LogP contribution >= 0.6 is 0 Å². The second kappa shape index (κ2) is 7.18. The molecule has 1 amide bonds. The quantitative estimate of drug-likeness (QED) is 0.909. The molecule has 5 nitrogen and oxygen atoms in total. The molecule has 1 N–H and O–H groups in total. The highest BCUT2D eigenvalue weighted by atomic mass is 16.6. The molecule has 1 aromatic rings. The molecule has 2 heterocycles. The van der Waals surface area contributed by atoms with Gasteiger partial charge in [0.05, 0.1) is 0 Å². The molecule has 0 aliphatic carbocycles. The van der Waals surface area contributed by atoms with Crippen molar-refractivity contribution in [2.24, 2.45) is 0 Å². The number of hydrogen-bond acceptors (Lipinski definition) is 3. The number of ether oxygens (including phenoxy) is 1. The molecular formula is C17H29N3O2. The summed E-state index contributed by atoms with van der Waals surface area (Å²) in [6, 6.07) is 2.37. The van der Waals surface area contributed by atoms with E-state index in [2.05, 4.69) is 35.3 Å². The van der Waals surface area contributed by atoms with Crippen LogP contribution in [0.15, 0.2) is 18.5 Å². The van der Waals surface area contributed by atoms with Crippen LogP contribution < -0.4 is 5.32 Å². The maximum absolute atomic E-state index is 12.2. The standard InChI is InChI=1S/C17H29N3O2/c1-5-19-10-8-14(13-19)11-18-12-15-7-6-9-20(15)16(21)22-17(2,3)4/h8,10,13,15,18H,5-7,9,11-12H2,1-4H3. The summed E-state index contributed by atoms with van der Waals surface area (Å²) >= 11 is 0. The Hall–Kier alpha value is -1.49. The number of likely N-dealkylation sites (tertiary alicyclic amines) is 1. The zero-order valence-electron chi connectivity index (χ0n) is 14.3. The minimum Gasteiger partial charge on any atom is -0.444 e. The van der Waals surface area contributed by atoms with Crippen molar-refractivity contribution < 1.29 is 9.53 Å². The van der Waals surface area contributed by atoms with Gasteiger partial charge in [0.2, 0.25) is 0 Å². The number of hydrogen-bond donors (Lipinski definition) is 1. The molecular weight excluding hydrogens is 278 g/mol. The van der Waals surface area contributed by atoms with Gasteiger partial charge in [0.15, 0.2) is 0 Å². The number of aromatic nitrogens is 1. The normalized spacial score (nSPS) is 18.7. The third-order valence-corrected chi connectivity index (χ3v) is 3.89. The summed E-state index contributed by atoms with van der Waals surface area (Å²) < 4.78 is 7.66. The van der Waals surface area contributed by atoms with E-state index < -0.39 is 5.60 Å². The van der Waals surface area contributed by atoms with E-state index in [0.29, 0.717) is 0 Å². The topological polar surface area (TPSA) is 46.5 Å². The maximum atomic E-state index is 12.2. The number of aryl methyl sites for hydroxylation is 1. The Morgan fingerprint density at radius 1 is 1.45 bits per heavy atom. The van der Waals surface area contributed by atoms with E-state index in [-0.39, 0.29) is 12.1 Å². The number of carbonyl (C=O) groups excluding carboxylic acids is 1. The molecule has 5 heteroatoms. The van der Waals surface area contributed by atoms with Crippen LogP contribution in [0.1, 0.15) is 46.1 Å². The van der Waals surface area contributed by atoms with E-state index in [9.17, 15) is 4.79 Å². The van der Waals surface area contributed by atoms with Gasteiger partial charge in [0.25, 0.3) is 0 Å². The summed E-state index contributed by atoms with van der Waals surface area (Å²) in [5.41, 5.74) is 0.851. The highest BCUT2D eigenvalue weighted by Gasteiger charge is 2.31. The molecule has 0 aromatic carbocycles. The Labute approximate surface area is 133 Å². The minimum atomic E-state index is -0.430. The SMILES string of the molecule is CCn1ccc(CNCC2CCCN2C(=O)OC(C)(C)C)c1. The zero-order valence-corrected chi connectivity index (χ0v) is 14.3. The number of carbonyl (C=O) groups is 1. The van der Waals surface area contributed by atoms with Gasteiger partial charge in [-0.2, -0.15) is 0 Å². The largest absolute Gasteiger partial charge is 0.444 e. The highest BCUT2D eigenvalue weighted by Crippen LogP contribution is 2.20. The van der Waals surface area contributed by atoms with Gasteiger partial charge >= 0.3 is 6.09 Å². The lowest BCUT2D eigenvalue weighted by atomic mass is 10.2. The van der Waals surface area contributed by atoms with Crippen molar-refractivity contribution in [3.8, 4) is 0 Å². The van der Waals surface area contributed by atoms with Crippen molar-refractivity contribution in [1.82, 2.24) is 14.8 Å². The third kappa shape index (κ3) is 4.77. The lowest BCUT2D eigenvalue weighted by molar-refractivity contribution is 0.0226. The first-order valence-electron chi connectivity index (χ1n) is 8.24. The lowest BCUT2D eigenvalue weighted by Crippen LogP contribution is -2.43. The fraction of sp³-hybridized carbons (Fsp3) is 0.706. The second-order valence-electron chi connectivity index (χ2n) is 6.95. The predicted molar refractivity (Wildman–Crippen MR) is 87.8 cm³/mol. The lowest BCUT2D eigenvalue weighted by Gasteiger charge is -2.28. The zero-order chi connectivity index (χ0) is 16.2. The Morgan fingerprint density at radius 3 is 2.86 bits per heavy atom. The first-order valence-corrected chi connectivity index (χ1v) is 8.24. The van der Waals surface area contributed by atoms with E-state index in [1.54, 1.807) is 0 Å². The first-order chi connectivity index (χ1) is 10.4. The van der Waals surface area contributed by atoms with E-state index >= 15 is 0 Å². The molecule has 0 spiro atoms. The molecule has 124 valence electrons. The minimum absolute atomic E-state index is 0.186. The summed E-state index contributed by atoms with van der Waals surface area (Å²) in [7, 11) is 0. The van der Waals surface area contributed by atoms with Crippen LogP contribution in [-0.2, 0) is 17.8 Å². The van der Waals surface area contributed by atoms with E-state index in [0.717, 1.165) is 39.0 Å². The van der Waals surface area contributed by atoms with Crippen LogP contribution in [-0.4, -0.2) is 40.3 Å². The van der Waals surface area contributed by atoms with E-state index in [1.807, 2.05) is 25.7 Å². The highest BCUT2D eigenvalue weighted by molar-refractivity contribution is 5.69. The van der Waals surface area contributed by atoms with Crippen molar-refractivity contribution in [1.29, 1.82) is 0 Å². The van der Waals surface area contributed by atoms with Gasteiger partial charge < -0.3 is 19.5 Å². The van der Waals surface area contributed by atoms with E-state index in [1.165, 1.54) is 5.56 Å². The molecule has 1 atom stereocenters. The maximum Gasteiger partial charge on any atom is 0.410 e. The van der Waals surface area contributed by atoms with Crippen LogP contribution in [0.2, 0.25) is 0 Å². The molecule has 1 saturated heterocycles. The Kier molecular flexibility index (Phi) is 5.51. The Balaban J connectivity index is 1.80. The monoisotopic (exact) mass is 307 g/mol. The average molecular weight is 307 g/mol. The molecule has 1 unspecified atom stereocenters. The summed E-state index contributed by atoms with van der Waals surface area (Å²) in [6.45, 7) is 11.3. The second-order valence-corrected chi connectivity index (χ2v) is 6.95. The third-order valence-electron chi connectivity index (χ3n) is 3.89. The van der Waals surface area contributed by atoms with Crippen molar-refractivity contribution >= 4 is 6.09 Å². The van der Waals surface area contributed by atoms with Gasteiger partial charge in [0.1, 0.15) is 5.60 Å². The summed E-state index contributed by atoms with van der Waals surface area (Å²) in [4.78, 5) is 14.1. The van der Waals surface area contributed by atoms with Crippen molar-refractivity contribution in [3.05, 3.63) is 24.0 Å². The van der Waals surface area contributed by atoms with Crippen LogP contribution in [0.25, 0.3) is 0 Å². The van der Waals surface area contributed by atoms with Gasteiger partial charge in [-0.15, -0.1) is 0 Å². The van der Waals surface area contributed by atoms with Crippen molar-refractivity contribution in [3.63, 3.8) is 0 Å². The average Bonchev–Trinajstić information content (AvgIpc) is 3.05. The molecule has 22 heavy (non-hydrogen) atoms. The Bertz CT molecular complexity index is 490. The van der Waals surface area contributed by atoms with Gasteiger partial charge in [-0.3, -0.25) is 0 Å². The molecule has 0 bridgehead atoms. The van der Waals surface area contributed by atoms with Crippen LogP contribution in [0, 0.1) is 0 Å². The van der Waals surface area contributed by atoms with Gasteiger partial charge in [0, 0.05) is 44.6 Å². The summed E-state index contributed by atoms with van der Waals surface area (Å²) in [5.74, 6) is 0. The molecule has 1 fully saturated rings. The fourth-order valence-corrected chi connectivity index (χ4v) is 2.78. The molecule has 2 rings (SSSR count). The molecule has 0 saturated carbocycles. The number of rotatable bonds is 5. The van der Waals surface area contributed by atoms with Crippen LogP contribution in [0.5, 0.6) is 0 Å². The Morgan fingerprint density at radius 2 is 2.23 bits per heavy atom. The molecule has 1 aromatic heterocycles. The van der Waals surface area contributed by atoms with Gasteiger partial charge in [-0.25, -0.2) is 4.79 Å². The summed E-state index contributed by atoms with van der Waals surface area (Å²) in [5, 5.41) is 3.47. The first kappa shape index (κ1) is 16.9. The predicted octanol–water partition coefficient (Wildman–Crippen LogP) is 3.00. The fourth-order valence-electron chi connectivity index (χ4n) is 2.78.